The predicted molar refractivity (Wildman–Crippen MR) is 81.5 cm³/mol. The second-order valence-electron chi connectivity index (χ2n) is 4.63. The van der Waals surface area contributed by atoms with E-state index in [9.17, 15) is 0 Å². The second-order valence-corrected chi connectivity index (χ2v) is 4.63. The highest BCUT2D eigenvalue weighted by Gasteiger charge is 2.08. The van der Waals surface area contributed by atoms with E-state index in [2.05, 4.69) is 53.8 Å². The minimum absolute atomic E-state index is 1.03. The summed E-state index contributed by atoms with van der Waals surface area (Å²) < 4.78 is 0. The Morgan fingerprint density at radius 3 is 2.47 bits per heavy atom. The summed E-state index contributed by atoms with van der Waals surface area (Å²) in [6.07, 6.45) is 0. The average molecular weight is 248 g/mol. The van der Waals surface area contributed by atoms with Gasteiger partial charge in [0.15, 0.2) is 0 Å². The van der Waals surface area contributed by atoms with Crippen LogP contribution >= 0.6 is 0 Å². The first kappa shape index (κ1) is 11.7. The second kappa shape index (κ2) is 4.73. The number of hydrogen-bond donors (Lipinski definition) is 1. The summed E-state index contributed by atoms with van der Waals surface area (Å²) in [7, 11) is 1.95. The van der Waals surface area contributed by atoms with Gasteiger partial charge in [-0.1, -0.05) is 48.5 Å². The molecule has 2 aromatic carbocycles. The molecule has 0 aliphatic carbocycles. The van der Waals surface area contributed by atoms with Gasteiger partial charge in [0.2, 0.25) is 0 Å². The largest absolute Gasteiger partial charge is 0.388 e. The highest BCUT2D eigenvalue weighted by molar-refractivity contribution is 6.00. The van der Waals surface area contributed by atoms with E-state index >= 15 is 0 Å². The molecule has 0 fully saturated rings. The van der Waals surface area contributed by atoms with Crippen LogP contribution in [0.15, 0.2) is 54.6 Å². The number of aromatic nitrogens is 1. The Morgan fingerprint density at radius 2 is 1.74 bits per heavy atom. The molecule has 0 atom stereocenters. The van der Waals surface area contributed by atoms with Gasteiger partial charge < -0.3 is 5.32 Å². The molecule has 0 unspecified atom stereocenters. The first-order valence-electron chi connectivity index (χ1n) is 6.43. The van der Waals surface area contributed by atoms with Crippen LogP contribution in [0.1, 0.15) is 5.69 Å². The zero-order chi connectivity index (χ0) is 13.2. The molecule has 1 N–H and O–H groups in total. The monoisotopic (exact) mass is 248 g/mol. The van der Waals surface area contributed by atoms with E-state index < -0.39 is 0 Å². The van der Waals surface area contributed by atoms with E-state index in [0.717, 1.165) is 22.3 Å². The fourth-order valence-electron chi connectivity index (χ4n) is 2.43. The third-order valence-corrected chi connectivity index (χ3v) is 3.32. The van der Waals surface area contributed by atoms with Crippen LogP contribution in [0, 0.1) is 6.92 Å². The predicted octanol–water partition coefficient (Wildman–Crippen LogP) is 4.25. The van der Waals surface area contributed by atoms with Crippen molar-refractivity contribution in [3.8, 4) is 11.1 Å². The van der Waals surface area contributed by atoms with Crippen molar-refractivity contribution >= 4 is 16.6 Å². The van der Waals surface area contributed by atoms with Crippen LogP contribution in [0.5, 0.6) is 0 Å². The first-order valence-corrected chi connectivity index (χ1v) is 6.43. The number of rotatable bonds is 2. The summed E-state index contributed by atoms with van der Waals surface area (Å²) in [5.41, 5.74) is 5.59. The van der Waals surface area contributed by atoms with E-state index in [-0.39, 0.29) is 0 Å². The first-order chi connectivity index (χ1) is 9.29. The lowest BCUT2D eigenvalue weighted by molar-refractivity contribution is 1.25. The molecular formula is C17H16N2. The summed E-state index contributed by atoms with van der Waals surface area (Å²) >= 11 is 0. The maximum Gasteiger partial charge on any atom is 0.0804 e. The zero-order valence-corrected chi connectivity index (χ0v) is 11.1. The standard InChI is InChI=1S/C17H16N2/c1-12-11-16(18-2)15-10-6-9-14(17(15)19-12)13-7-4-3-5-8-13/h3-11H,1-2H3,(H,18,19). The lowest BCUT2D eigenvalue weighted by Crippen LogP contribution is -1.95. The number of pyridine rings is 1. The number of anilines is 1. The van der Waals surface area contributed by atoms with Gasteiger partial charge in [-0.15, -0.1) is 0 Å². The third-order valence-electron chi connectivity index (χ3n) is 3.32. The van der Waals surface area contributed by atoms with Crippen LogP contribution in [-0.4, -0.2) is 12.0 Å². The quantitative estimate of drug-likeness (QED) is 0.733. The van der Waals surface area contributed by atoms with Crippen LogP contribution in [0.3, 0.4) is 0 Å². The molecule has 0 aliphatic heterocycles. The van der Waals surface area contributed by atoms with Crippen molar-refractivity contribution in [2.75, 3.05) is 12.4 Å². The number of aryl methyl sites for hydroxylation is 1. The van der Waals surface area contributed by atoms with Gasteiger partial charge in [-0.25, -0.2) is 0 Å². The van der Waals surface area contributed by atoms with Gasteiger partial charge in [0.1, 0.15) is 0 Å². The number of nitrogens with zero attached hydrogens (tertiary/aromatic N) is 1. The van der Waals surface area contributed by atoms with Crippen LogP contribution < -0.4 is 5.32 Å². The third kappa shape index (κ3) is 2.06. The van der Waals surface area contributed by atoms with Crippen molar-refractivity contribution in [1.29, 1.82) is 0 Å². The molecular weight excluding hydrogens is 232 g/mol. The Labute approximate surface area is 113 Å². The Hall–Kier alpha value is -2.35. The van der Waals surface area contributed by atoms with E-state index in [1.54, 1.807) is 0 Å². The van der Waals surface area contributed by atoms with Crippen molar-refractivity contribution in [1.82, 2.24) is 4.98 Å². The van der Waals surface area contributed by atoms with Crippen molar-refractivity contribution in [3.63, 3.8) is 0 Å². The molecule has 1 heterocycles. The summed E-state index contributed by atoms with van der Waals surface area (Å²) in [5.74, 6) is 0. The van der Waals surface area contributed by atoms with E-state index in [1.807, 2.05) is 20.0 Å². The van der Waals surface area contributed by atoms with Crippen molar-refractivity contribution in [2.24, 2.45) is 0 Å². The number of benzene rings is 2. The van der Waals surface area contributed by atoms with E-state index in [4.69, 9.17) is 4.98 Å². The van der Waals surface area contributed by atoms with Crippen LogP contribution in [0.25, 0.3) is 22.0 Å². The van der Waals surface area contributed by atoms with Crippen LogP contribution in [0.2, 0.25) is 0 Å². The SMILES string of the molecule is CNc1cc(C)nc2c(-c3ccccc3)cccc12. The normalized spacial score (nSPS) is 10.6. The molecule has 19 heavy (non-hydrogen) atoms. The smallest absolute Gasteiger partial charge is 0.0804 e. The number of fused-ring (bicyclic) bond motifs is 1. The molecule has 0 bridgehead atoms. The lowest BCUT2D eigenvalue weighted by atomic mass is 10.0. The van der Waals surface area contributed by atoms with Crippen LogP contribution in [-0.2, 0) is 0 Å². The van der Waals surface area contributed by atoms with Gasteiger partial charge in [-0.2, -0.15) is 0 Å². The average Bonchev–Trinajstić information content (AvgIpc) is 2.46. The molecule has 94 valence electrons. The van der Waals surface area contributed by atoms with Gasteiger partial charge >= 0.3 is 0 Å². The maximum atomic E-state index is 4.72. The Bertz CT molecular complexity index is 718. The number of hydrogen-bond acceptors (Lipinski definition) is 2. The van der Waals surface area contributed by atoms with Gasteiger partial charge in [0, 0.05) is 29.4 Å². The van der Waals surface area contributed by atoms with E-state index in [1.165, 1.54) is 11.1 Å². The van der Waals surface area contributed by atoms with Crippen molar-refractivity contribution in [3.05, 3.63) is 60.3 Å². The zero-order valence-electron chi connectivity index (χ0n) is 11.1. The van der Waals surface area contributed by atoms with Gasteiger partial charge in [0.25, 0.3) is 0 Å². The van der Waals surface area contributed by atoms with Crippen molar-refractivity contribution in [2.45, 2.75) is 6.92 Å². The molecule has 3 rings (SSSR count). The Morgan fingerprint density at radius 1 is 0.947 bits per heavy atom. The topological polar surface area (TPSA) is 24.9 Å². The van der Waals surface area contributed by atoms with Crippen molar-refractivity contribution < 1.29 is 0 Å². The molecule has 0 saturated carbocycles. The van der Waals surface area contributed by atoms with E-state index in [0.29, 0.717) is 0 Å². The lowest BCUT2D eigenvalue weighted by Gasteiger charge is -2.11. The summed E-state index contributed by atoms with van der Waals surface area (Å²) in [6, 6.07) is 18.8. The Kier molecular flexibility index (Phi) is 2.92. The minimum Gasteiger partial charge on any atom is -0.388 e. The fourth-order valence-corrected chi connectivity index (χ4v) is 2.43. The summed E-state index contributed by atoms with van der Waals surface area (Å²) in [4.78, 5) is 4.72. The molecule has 2 nitrogen and oxygen atoms in total. The Balaban J connectivity index is 2.35. The molecule has 0 spiro atoms. The molecule has 3 aromatic rings. The molecule has 0 aliphatic rings. The fraction of sp³-hybridized carbons (Fsp3) is 0.118. The van der Waals surface area contributed by atoms with Gasteiger partial charge in [-0.05, 0) is 18.6 Å². The highest BCUT2D eigenvalue weighted by Crippen LogP contribution is 2.31. The minimum atomic E-state index is 1.03. The molecule has 0 saturated heterocycles. The molecule has 2 heteroatoms. The summed E-state index contributed by atoms with van der Waals surface area (Å²) in [6.45, 7) is 2.03. The van der Waals surface area contributed by atoms with Gasteiger partial charge in [-0.3, -0.25) is 4.98 Å². The molecule has 0 radical (unpaired) electrons. The van der Waals surface area contributed by atoms with Gasteiger partial charge in [0.05, 0.1) is 5.52 Å². The number of nitrogens with one attached hydrogen (secondary N) is 1. The van der Waals surface area contributed by atoms with Crippen LogP contribution in [0.4, 0.5) is 5.69 Å². The number of para-hydroxylation sites is 1. The summed E-state index contributed by atoms with van der Waals surface area (Å²) in [5, 5.41) is 4.41. The highest BCUT2D eigenvalue weighted by atomic mass is 14.8. The maximum absolute atomic E-state index is 4.72. The molecule has 0 amide bonds. The molecule has 1 aromatic heterocycles.